The summed E-state index contributed by atoms with van der Waals surface area (Å²) >= 11 is 0. The van der Waals surface area contributed by atoms with Crippen LogP contribution in [-0.2, 0) is 22.7 Å². The van der Waals surface area contributed by atoms with Crippen LogP contribution in [0.15, 0.2) is 71.9 Å². The van der Waals surface area contributed by atoms with E-state index in [9.17, 15) is 14.7 Å². The van der Waals surface area contributed by atoms with Crippen LogP contribution in [0.2, 0.25) is 0 Å². The lowest BCUT2D eigenvalue weighted by Crippen LogP contribution is -2.49. The van der Waals surface area contributed by atoms with E-state index < -0.39 is 18.0 Å². The molecular formula is C23H24N4O4. The van der Waals surface area contributed by atoms with Gasteiger partial charge in [-0.3, -0.25) is 4.84 Å². The summed E-state index contributed by atoms with van der Waals surface area (Å²) in [5.74, 6) is -1.04. The molecule has 1 fully saturated rings. The van der Waals surface area contributed by atoms with Crippen LogP contribution in [0.25, 0.3) is 0 Å². The quantitative estimate of drug-likeness (QED) is 0.713. The highest BCUT2D eigenvalue weighted by atomic mass is 16.7. The molecule has 160 valence electrons. The number of hydrogen-bond acceptors (Lipinski definition) is 5. The topological polar surface area (TPSA) is 85.3 Å². The van der Waals surface area contributed by atoms with Gasteiger partial charge in [-0.2, -0.15) is 5.06 Å². The minimum absolute atomic E-state index is 0.252. The first-order valence-electron chi connectivity index (χ1n) is 10.4. The van der Waals surface area contributed by atoms with Gasteiger partial charge in [-0.1, -0.05) is 60.7 Å². The molecule has 0 saturated carbocycles. The van der Waals surface area contributed by atoms with Crippen LogP contribution in [0.1, 0.15) is 11.1 Å². The molecule has 0 aliphatic carbocycles. The Morgan fingerprint density at radius 2 is 1.74 bits per heavy atom. The molecule has 2 aromatic rings. The van der Waals surface area contributed by atoms with E-state index in [0.717, 1.165) is 24.1 Å². The maximum Gasteiger partial charge on any atom is 0.345 e. The summed E-state index contributed by atoms with van der Waals surface area (Å²) in [6.07, 6.45) is 0.841. The fraction of sp³-hybridized carbons (Fsp3) is 0.304. The molecule has 2 bridgehead atoms. The molecule has 3 aliphatic rings. The Hall–Kier alpha value is -3.36. The van der Waals surface area contributed by atoms with E-state index >= 15 is 0 Å². The van der Waals surface area contributed by atoms with Crippen LogP contribution < -0.4 is 5.43 Å². The first-order chi connectivity index (χ1) is 15.1. The summed E-state index contributed by atoms with van der Waals surface area (Å²) in [5.41, 5.74) is 6.94. The number of rotatable bonds is 7. The summed E-state index contributed by atoms with van der Waals surface area (Å²) in [6, 6.07) is 18.1. The largest absolute Gasteiger partial charge is 0.479 e. The van der Waals surface area contributed by atoms with E-state index in [1.165, 1.54) is 15.5 Å². The van der Waals surface area contributed by atoms with Gasteiger partial charge in [0.25, 0.3) is 0 Å². The van der Waals surface area contributed by atoms with Crippen molar-refractivity contribution in [1.29, 1.82) is 0 Å². The van der Waals surface area contributed by atoms with Crippen molar-refractivity contribution in [3.8, 4) is 0 Å². The van der Waals surface area contributed by atoms with Crippen molar-refractivity contribution in [1.82, 2.24) is 20.4 Å². The first-order valence-corrected chi connectivity index (χ1v) is 10.4. The number of nitrogens with zero attached hydrogens (tertiary/aromatic N) is 3. The van der Waals surface area contributed by atoms with Crippen LogP contribution in [0.3, 0.4) is 0 Å². The number of carbonyl (C=O) groups excluding carboxylic acids is 1. The van der Waals surface area contributed by atoms with Gasteiger partial charge in [-0.25, -0.2) is 14.6 Å². The molecule has 5 rings (SSSR count). The lowest BCUT2D eigenvalue weighted by atomic mass is 9.97. The molecule has 3 aliphatic heterocycles. The molecule has 3 heterocycles. The third-order valence-corrected chi connectivity index (χ3v) is 6.02. The van der Waals surface area contributed by atoms with Crippen LogP contribution in [-0.4, -0.2) is 63.8 Å². The highest BCUT2D eigenvalue weighted by Crippen LogP contribution is 2.37. The Morgan fingerprint density at radius 3 is 2.42 bits per heavy atom. The number of hydrogen-bond donors (Lipinski definition) is 2. The van der Waals surface area contributed by atoms with Gasteiger partial charge in [0, 0.05) is 13.1 Å². The van der Waals surface area contributed by atoms with Gasteiger partial charge in [0.1, 0.15) is 12.6 Å². The van der Waals surface area contributed by atoms with Crippen LogP contribution in [0.5, 0.6) is 0 Å². The Kier molecular flexibility index (Phi) is 5.09. The van der Waals surface area contributed by atoms with Crippen molar-refractivity contribution in [2.45, 2.75) is 25.1 Å². The summed E-state index contributed by atoms with van der Waals surface area (Å²) in [4.78, 5) is 32.3. The van der Waals surface area contributed by atoms with E-state index in [4.69, 9.17) is 4.84 Å². The van der Waals surface area contributed by atoms with Gasteiger partial charge < -0.3 is 15.4 Å². The molecule has 31 heavy (non-hydrogen) atoms. The van der Waals surface area contributed by atoms with Crippen molar-refractivity contribution >= 4 is 12.0 Å². The summed E-state index contributed by atoms with van der Waals surface area (Å²) < 4.78 is 0. The molecule has 0 radical (unpaired) electrons. The van der Waals surface area contributed by atoms with Crippen LogP contribution in [0.4, 0.5) is 4.79 Å². The van der Waals surface area contributed by atoms with E-state index in [-0.39, 0.29) is 12.6 Å². The molecule has 2 amide bonds. The number of carbonyl (C=O) groups is 2. The highest BCUT2D eigenvalue weighted by molar-refractivity contribution is 5.88. The number of aliphatic carboxylic acids is 1. The average Bonchev–Trinajstić information content (AvgIpc) is 3.33. The number of urea groups is 1. The molecule has 2 atom stereocenters. The predicted octanol–water partition coefficient (Wildman–Crippen LogP) is 2.01. The molecule has 0 spiro atoms. The molecule has 8 nitrogen and oxygen atoms in total. The van der Waals surface area contributed by atoms with E-state index in [0.29, 0.717) is 18.8 Å². The Bertz CT molecular complexity index is 1010. The first kappa shape index (κ1) is 19.6. The fourth-order valence-electron chi connectivity index (χ4n) is 4.48. The Morgan fingerprint density at radius 1 is 1.06 bits per heavy atom. The lowest BCUT2D eigenvalue weighted by molar-refractivity contribution is -0.141. The molecule has 1 saturated heterocycles. The van der Waals surface area contributed by atoms with E-state index in [1.807, 2.05) is 53.5 Å². The number of carboxylic acid groups (broad SMARTS) is 1. The third-order valence-electron chi connectivity index (χ3n) is 6.02. The minimum Gasteiger partial charge on any atom is -0.479 e. The standard InChI is InChI=1S/C23H24N4O4/c28-22(29)21-20-18(13-25(24-20)12-11-16-7-3-1-4-8-16)19-14-26(21)23(30)27(19)31-15-17-9-5-2-6-10-17/h1-10,19,21,24H,11-15H2,(H,28,29)/t19-,21?/m1/s1. The molecule has 8 heteroatoms. The zero-order valence-electron chi connectivity index (χ0n) is 17.0. The maximum absolute atomic E-state index is 12.9. The SMILES string of the molecule is O=C(O)C1C2=C(CN(CCc3ccccc3)N2)[C@H]2CN1C(=O)N2OCc1ccccc1. The van der Waals surface area contributed by atoms with Crippen molar-refractivity contribution in [2.24, 2.45) is 0 Å². The van der Waals surface area contributed by atoms with Gasteiger partial charge in [-0.05, 0) is 23.1 Å². The molecule has 1 unspecified atom stereocenters. The van der Waals surface area contributed by atoms with Crippen molar-refractivity contribution in [3.05, 3.63) is 83.1 Å². The summed E-state index contributed by atoms with van der Waals surface area (Å²) in [5, 5.41) is 13.2. The minimum atomic E-state index is -1.04. The number of hydroxylamine groups is 2. The van der Waals surface area contributed by atoms with Gasteiger partial charge in [0.15, 0.2) is 6.04 Å². The van der Waals surface area contributed by atoms with E-state index in [2.05, 4.69) is 17.6 Å². The monoisotopic (exact) mass is 420 g/mol. The van der Waals surface area contributed by atoms with Gasteiger partial charge >= 0.3 is 12.0 Å². The molecule has 2 aromatic carbocycles. The van der Waals surface area contributed by atoms with Crippen molar-refractivity contribution < 1.29 is 19.5 Å². The molecule has 2 N–H and O–H groups in total. The van der Waals surface area contributed by atoms with Crippen molar-refractivity contribution in [2.75, 3.05) is 19.6 Å². The third kappa shape index (κ3) is 3.64. The summed E-state index contributed by atoms with van der Waals surface area (Å²) in [7, 11) is 0. The predicted molar refractivity (Wildman–Crippen MR) is 112 cm³/mol. The number of benzene rings is 2. The van der Waals surface area contributed by atoms with Crippen LogP contribution in [0, 0.1) is 0 Å². The number of nitrogens with one attached hydrogen (secondary N) is 1. The number of fused-ring (bicyclic) bond motifs is 3. The number of hydrazine groups is 1. The van der Waals surface area contributed by atoms with Crippen LogP contribution >= 0.6 is 0 Å². The van der Waals surface area contributed by atoms with Crippen molar-refractivity contribution in [3.63, 3.8) is 0 Å². The molecule has 0 aromatic heterocycles. The highest BCUT2D eigenvalue weighted by Gasteiger charge is 2.54. The fourth-order valence-corrected chi connectivity index (χ4v) is 4.48. The van der Waals surface area contributed by atoms with E-state index in [1.54, 1.807) is 0 Å². The number of carboxylic acids is 1. The second-order valence-electron chi connectivity index (χ2n) is 7.98. The van der Waals surface area contributed by atoms with Gasteiger partial charge in [-0.15, -0.1) is 0 Å². The Balaban J connectivity index is 1.32. The number of amides is 2. The zero-order chi connectivity index (χ0) is 21.4. The molecular weight excluding hydrogens is 396 g/mol. The second kappa shape index (κ2) is 8.05. The smallest absolute Gasteiger partial charge is 0.345 e. The normalized spacial score (nSPS) is 22.6. The van der Waals surface area contributed by atoms with Gasteiger partial charge in [0.2, 0.25) is 0 Å². The zero-order valence-corrected chi connectivity index (χ0v) is 17.0. The maximum atomic E-state index is 12.9. The van der Waals surface area contributed by atoms with Gasteiger partial charge in [0.05, 0.1) is 12.2 Å². The average molecular weight is 420 g/mol. The Labute approximate surface area is 180 Å². The lowest BCUT2D eigenvalue weighted by Gasteiger charge is -2.28. The summed E-state index contributed by atoms with van der Waals surface area (Å²) in [6.45, 7) is 1.86. The second-order valence-corrected chi connectivity index (χ2v) is 7.98.